The van der Waals surface area contributed by atoms with E-state index in [2.05, 4.69) is 121 Å². The molecular weight excluding hydrogens is 649 g/mol. The van der Waals surface area contributed by atoms with Crippen molar-refractivity contribution in [1.82, 2.24) is 19.9 Å². The molecule has 0 N–H and O–H groups in total. The molecule has 4 aromatic heterocycles. The third kappa shape index (κ3) is 4.72. The van der Waals surface area contributed by atoms with E-state index in [4.69, 9.17) is 19.9 Å². The van der Waals surface area contributed by atoms with Gasteiger partial charge in [-0.15, -0.1) is 22.7 Å². The van der Waals surface area contributed by atoms with Crippen LogP contribution in [0.5, 0.6) is 0 Å². The van der Waals surface area contributed by atoms with E-state index < -0.39 is 0 Å². The van der Waals surface area contributed by atoms with Crippen molar-refractivity contribution < 1.29 is 0 Å². The van der Waals surface area contributed by atoms with Crippen LogP contribution in [0, 0.1) is 0 Å². The zero-order valence-corrected chi connectivity index (χ0v) is 28.2. The van der Waals surface area contributed by atoms with E-state index in [-0.39, 0.29) is 0 Å². The lowest BCUT2D eigenvalue weighted by molar-refractivity contribution is 1.24. The quantitative estimate of drug-likeness (QED) is 0.182. The molecular formula is C44H26N4S2. The van der Waals surface area contributed by atoms with Crippen LogP contribution >= 0.6 is 22.7 Å². The molecule has 0 bridgehead atoms. The van der Waals surface area contributed by atoms with E-state index in [1.807, 2.05) is 36.4 Å². The van der Waals surface area contributed by atoms with Gasteiger partial charge in [-0.05, 0) is 23.3 Å². The van der Waals surface area contributed by atoms with Crippen LogP contribution < -0.4 is 0 Å². The summed E-state index contributed by atoms with van der Waals surface area (Å²) in [4.78, 5) is 22.9. The van der Waals surface area contributed by atoms with Crippen molar-refractivity contribution in [2.24, 2.45) is 0 Å². The van der Waals surface area contributed by atoms with Crippen molar-refractivity contribution in [3.05, 3.63) is 158 Å². The van der Waals surface area contributed by atoms with Crippen molar-refractivity contribution in [3.8, 4) is 56.4 Å². The molecule has 0 aliphatic heterocycles. The van der Waals surface area contributed by atoms with Crippen LogP contribution in [0.4, 0.5) is 0 Å². The summed E-state index contributed by atoms with van der Waals surface area (Å²) < 4.78 is 2.39. The summed E-state index contributed by atoms with van der Waals surface area (Å²) >= 11 is 3.43. The van der Waals surface area contributed by atoms with Gasteiger partial charge in [-0.3, -0.25) is 0 Å². The lowest BCUT2D eigenvalue weighted by Crippen LogP contribution is -1.97. The fraction of sp³-hybridized carbons (Fsp3) is 0. The molecule has 0 amide bonds. The number of aromatic nitrogens is 4. The van der Waals surface area contributed by atoms with Gasteiger partial charge >= 0.3 is 0 Å². The van der Waals surface area contributed by atoms with Crippen LogP contribution in [0.3, 0.4) is 0 Å². The SMILES string of the molecule is c1ccc(-c2nc(-c3ccccc3-c3ccccc3-c3nc(-c4ccccc4)nc4sc5ccccc5c34)c3c(n2)sc2ccccc23)cc1. The molecule has 6 heteroatoms. The summed E-state index contributed by atoms with van der Waals surface area (Å²) in [6.45, 7) is 0. The van der Waals surface area contributed by atoms with Gasteiger partial charge in [-0.25, -0.2) is 19.9 Å². The first-order valence-electron chi connectivity index (χ1n) is 16.5. The molecule has 0 saturated carbocycles. The molecule has 0 atom stereocenters. The standard InChI is InChI=1S/C44H26N4S2/c1-3-15-27(16-4-1)41-45-39(37-33-23-11-13-25-35(33)49-43(37)47-41)31-21-9-7-19-29(31)30-20-8-10-22-32(30)40-38-34-24-12-14-26-36(34)50-44(38)48-42(46-40)28-17-5-2-6-18-28/h1-26H. The van der Waals surface area contributed by atoms with Crippen LogP contribution in [-0.4, -0.2) is 19.9 Å². The summed E-state index contributed by atoms with van der Waals surface area (Å²) in [6.07, 6.45) is 0. The van der Waals surface area contributed by atoms with Crippen LogP contribution in [0.25, 0.3) is 97.0 Å². The Morgan fingerprint density at radius 1 is 0.320 bits per heavy atom. The second-order valence-corrected chi connectivity index (χ2v) is 14.2. The number of hydrogen-bond donors (Lipinski definition) is 0. The van der Waals surface area contributed by atoms with Crippen molar-refractivity contribution in [3.63, 3.8) is 0 Å². The summed E-state index contributed by atoms with van der Waals surface area (Å²) in [5, 5.41) is 4.49. The molecule has 4 heterocycles. The highest BCUT2D eigenvalue weighted by molar-refractivity contribution is 7.26. The minimum absolute atomic E-state index is 0.720. The smallest absolute Gasteiger partial charge is 0.161 e. The topological polar surface area (TPSA) is 51.6 Å². The predicted octanol–water partition coefficient (Wildman–Crippen LogP) is 12.3. The summed E-state index contributed by atoms with van der Waals surface area (Å²) in [6, 6.07) is 54.9. The first-order valence-corrected chi connectivity index (χ1v) is 18.1. The molecule has 0 spiro atoms. The minimum atomic E-state index is 0.720. The maximum Gasteiger partial charge on any atom is 0.161 e. The van der Waals surface area contributed by atoms with E-state index in [0.29, 0.717) is 0 Å². The molecule has 4 nitrogen and oxygen atoms in total. The number of rotatable bonds is 5. The number of hydrogen-bond acceptors (Lipinski definition) is 6. The number of fused-ring (bicyclic) bond motifs is 6. The monoisotopic (exact) mass is 674 g/mol. The summed E-state index contributed by atoms with van der Waals surface area (Å²) in [5.74, 6) is 1.44. The van der Waals surface area contributed by atoms with Crippen molar-refractivity contribution in [1.29, 1.82) is 0 Å². The molecule has 10 rings (SSSR count). The number of nitrogens with zero attached hydrogens (tertiary/aromatic N) is 4. The highest BCUT2D eigenvalue weighted by Gasteiger charge is 2.23. The highest BCUT2D eigenvalue weighted by Crippen LogP contribution is 2.46. The summed E-state index contributed by atoms with van der Waals surface area (Å²) in [7, 11) is 0. The van der Waals surface area contributed by atoms with Crippen molar-refractivity contribution in [2.75, 3.05) is 0 Å². The van der Waals surface area contributed by atoms with Crippen molar-refractivity contribution in [2.45, 2.75) is 0 Å². The number of thiophene rings is 2. The zero-order valence-electron chi connectivity index (χ0n) is 26.6. The Bertz CT molecular complexity index is 2680. The first kappa shape index (κ1) is 28.9. The van der Waals surface area contributed by atoms with Gasteiger partial charge in [-0.1, -0.05) is 146 Å². The molecule has 50 heavy (non-hydrogen) atoms. The Morgan fingerprint density at radius 2 is 0.680 bits per heavy atom. The molecule has 0 saturated heterocycles. The van der Waals surface area contributed by atoms with Gasteiger partial charge in [0.25, 0.3) is 0 Å². The Hall–Kier alpha value is -6.08. The van der Waals surface area contributed by atoms with E-state index in [0.717, 1.165) is 76.9 Å². The molecule has 0 aliphatic carbocycles. The Kier molecular flexibility index (Phi) is 6.82. The number of benzene rings is 6. The molecule has 6 aromatic carbocycles. The average Bonchev–Trinajstić information content (AvgIpc) is 3.76. The van der Waals surface area contributed by atoms with Gasteiger partial charge in [0.15, 0.2) is 11.6 Å². The molecule has 10 aromatic rings. The fourth-order valence-electron chi connectivity index (χ4n) is 6.92. The maximum absolute atomic E-state index is 5.36. The maximum atomic E-state index is 5.36. The zero-order chi connectivity index (χ0) is 33.0. The third-order valence-corrected chi connectivity index (χ3v) is 11.3. The minimum Gasteiger partial charge on any atom is -0.227 e. The third-order valence-electron chi connectivity index (χ3n) is 9.20. The van der Waals surface area contributed by atoms with Gasteiger partial charge in [0.1, 0.15) is 9.66 Å². The van der Waals surface area contributed by atoms with E-state index in [1.165, 1.54) is 20.2 Å². The van der Waals surface area contributed by atoms with Crippen LogP contribution in [0.2, 0.25) is 0 Å². The van der Waals surface area contributed by atoms with Gasteiger partial charge in [0.05, 0.1) is 11.4 Å². The largest absolute Gasteiger partial charge is 0.227 e. The van der Waals surface area contributed by atoms with E-state index in [9.17, 15) is 0 Å². The Morgan fingerprint density at radius 3 is 1.12 bits per heavy atom. The van der Waals surface area contributed by atoms with Gasteiger partial charge in [0.2, 0.25) is 0 Å². The first-order chi connectivity index (χ1) is 24.8. The van der Waals surface area contributed by atoms with Gasteiger partial charge in [-0.2, -0.15) is 0 Å². The second kappa shape index (κ2) is 11.8. The second-order valence-electron chi connectivity index (χ2n) is 12.2. The molecule has 0 fully saturated rings. The molecule has 0 radical (unpaired) electrons. The summed E-state index contributed by atoms with van der Waals surface area (Å²) in [5.41, 5.74) is 8.12. The fourth-order valence-corrected chi connectivity index (χ4v) is 9.07. The lowest BCUT2D eigenvalue weighted by atomic mass is 9.90. The van der Waals surface area contributed by atoms with Crippen LogP contribution in [0.15, 0.2) is 158 Å². The van der Waals surface area contributed by atoms with E-state index >= 15 is 0 Å². The molecule has 0 aliphatic rings. The van der Waals surface area contributed by atoms with Crippen LogP contribution in [-0.2, 0) is 0 Å². The molecule has 234 valence electrons. The average molecular weight is 675 g/mol. The lowest BCUT2D eigenvalue weighted by Gasteiger charge is -2.16. The normalized spacial score (nSPS) is 11.6. The predicted molar refractivity (Wildman–Crippen MR) is 211 cm³/mol. The highest BCUT2D eigenvalue weighted by atomic mass is 32.1. The van der Waals surface area contributed by atoms with E-state index in [1.54, 1.807) is 22.7 Å². The van der Waals surface area contributed by atoms with Gasteiger partial charge in [0, 0.05) is 53.2 Å². The Balaban J connectivity index is 1.27. The Labute approximate surface area is 296 Å². The van der Waals surface area contributed by atoms with Crippen molar-refractivity contribution >= 4 is 63.3 Å². The van der Waals surface area contributed by atoms with Crippen LogP contribution in [0.1, 0.15) is 0 Å². The van der Waals surface area contributed by atoms with Gasteiger partial charge < -0.3 is 0 Å². The molecule has 0 unspecified atom stereocenters.